The Kier molecular flexibility index (Phi) is 1.79. The fraction of sp³-hybridized carbons (Fsp3) is 0.571. The summed E-state index contributed by atoms with van der Waals surface area (Å²) in [7, 11) is 0. The molecule has 1 saturated carbocycles. The molecule has 0 saturated heterocycles. The Morgan fingerprint density at radius 3 is 2.11 bits per heavy atom. The SMILES string of the molecule is CC1(C)[CH]C1C=C(Cl)Cl. The highest BCUT2D eigenvalue weighted by Gasteiger charge is 2.44. The van der Waals surface area contributed by atoms with Crippen molar-refractivity contribution in [2.75, 3.05) is 0 Å². The van der Waals surface area contributed by atoms with E-state index in [9.17, 15) is 0 Å². The first kappa shape index (κ1) is 7.43. The predicted molar refractivity (Wildman–Crippen MR) is 41.4 cm³/mol. The van der Waals surface area contributed by atoms with E-state index in [4.69, 9.17) is 23.2 Å². The second kappa shape index (κ2) is 2.17. The molecule has 0 aromatic heterocycles. The van der Waals surface area contributed by atoms with Crippen LogP contribution in [0.15, 0.2) is 10.6 Å². The van der Waals surface area contributed by atoms with Gasteiger partial charge in [-0.1, -0.05) is 43.1 Å². The lowest BCUT2D eigenvalue weighted by Crippen LogP contribution is -1.85. The molecule has 0 amide bonds. The van der Waals surface area contributed by atoms with Crippen molar-refractivity contribution in [2.45, 2.75) is 13.8 Å². The average molecular weight is 164 g/mol. The van der Waals surface area contributed by atoms with Gasteiger partial charge >= 0.3 is 0 Å². The Labute approximate surface area is 65.8 Å². The number of hydrogen-bond acceptors (Lipinski definition) is 0. The quantitative estimate of drug-likeness (QED) is 0.558. The Morgan fingerprint density at radius 1 is 1.56 bits per heavy atom. The van der Waals surface area contributed by atoms with Crippen molar-refractivity contribution in [2.24, 2.45) is 11.3 Å². The van der Waals surface area contributed by atoms with E-state index in [1.165, 1.54) is 0 Å². The van der Waals surface area contributed by atoms with Gasteiger partial charge in [0.05, 0.1) is 0 Å². The Balaban J connectivity index is 2.45. The van der Waals surface area contributed by atoms with Gasteiger partial charge in [0.2, 0.25) is 0 Å². The molecule has 1 fully saturated rings. The molecule has 2 heteroatoms. The topological polar surface area (TPSA) is 0 Å². The summed E-state index contributed by atoms with van der Waals surface area (Å²) in [5.41, 5.74) is 0.328. The van der Waals surface area contributed by atoms with Crippen LogP contribution in [0.1, 0.15) is 13.8 Å². The van der Waals surface area contributed by atoms with Gasteiger partial charge in [-0.15, -0.1) is 0 Å². The molecule has 1 aliphatic carbocycles. The summed E-state index contributed by atoms with van der Waals surface area (Å²) in [6.07, 6.45) is 4.07. The lowest BCUT2D eigenvalue weighted by atomic mass is 10.1. The van der Waals surface area contributed by atoms with E-state index in [0.29, 0.717) is 15.8 Å². The van der Waals surface area contributed by atoms with Crippen molar-refractivity contribution in [3.8, 4) is 0 Å². The molecule has 0 heterocycles. The summed E-state index contributed by atoms with van der Waals surface area (Å²) in [5, 5.41) is 0. The zero-order chi connectivity index (χ0) is 7.07. The highest BCUT2D eigenvalue weighted by atomic mass is 35.5. The van der Waals surface area contributed by atoms with Gasteiger partial charge in [-0.2, -0.15) is 0 Å². The van der Waals surface area contributed by atoms with Gasteiger partial charge < -0.3 is 0 Å². The predicted octanol–water partition coefficient (Wildman–Crippen LogP) is 3.17. The molecule has 51 valence electrons. The average Bonchev–Trinajstić information content (AvgIpc) is 2.10. The van der Waals surface area contributed by atoms with Crippen LogP contribution in [0.25, 0.3) is 0 Å². The molecular weight excluding hydrogens is 155 g/mol. The minimum atomic E-state index is 0.328. The molecule has 1 radical (unpaired) electrons. The first-order valence-corrected chi connectivity index (χ1v) is 3.67. The maximum Gasteiger partial charge on any atom is 0.103 e. The Hall–Kier alpha value is 0.320. The maximum atomic E-state index is 5.45. The van der Waals surface area contributed by atoms with Crippen LogP contribution < -0.4 is 0 Å². The Bertz CT molecular complexity index is 143. The Morgan fingerprint density at radius 2 is 2.00 bits per heavy atom. The first-order valence-electron chi connectivity index (χ1n) is 2.91. The van der Waals surface area contributed by atoms with Gasteiger partial charge in [-0.3, -0.25) is 0 Å². The van der Waals surface area contributed by atoms with Crippen molar-refractivity contribution in [3.05, 3.63) is 17.0 Å². The summed E-state index contributed by atoms with van der Waals surface area (Å²) < 4.78 is 0.377. The van der Waals surface area contributed by atoms with Gasteiger partial charge in [0.15, 0.2) is 0 Å². The zero-order valence-corrected chi connectivity index (χ0v) is 7.00. The molecule has 1 rings (SSSR count). The minimum absolute atomic E-state index is 0.328. The fourth-order valence-corrected chi connectivity index (χ4v) is 1.08. The van der Waals surface area contributed by atoms with Crippen LogP contribution in [0.2, 0.25) is 0 Å². The highest BCUT2D eigenvalue weighted by Crippen LogP contribution is 2.51. The van der Waals surface area contributed by atoms with Crippen molar-refractivity contribution >= 4 is 23.2 Å². The van der Waals surface area contributed by atoms with E-state index < -0.39 is 0 Å². The van der Waals surface area contributed by atoms with E-state index in [0.717, 1.165) is 0 Å². The highest BCUT2D eigenvalue weighted by molar-refractivity contribution is 6.55. The van der Waals surface area contributed by atoms with Crippen LogP contribution in [0.4, 0.5) is 0 Å². The van der Waals surface area contributed by atoms with Crippen molar-refractivity contribution in [1.82, 2.24) is 0 Å². The van der Waals surface area contributed by atoms with Crippen LogP contribution in [0.3, 0.4) is 0 Å². The molecule has 0 spiro atoms. The number of halogens is 2. The second-order valence-electron chi connectivity index (χ2n) is 2.97. The molecule has 0 N–H and O–H groups in total. The van der Waals surface area contributed by atoms with Crippen LogP contribution >= 0.6 is 23.2 Å². The van der Waals surface area contributed by atoms with E-state index in [-0.39, 0.29) is 0 Å². The van der Waals surface area contributed by atoms with Crippen molar-refractivity contribution in [3.63, 3.8) is 0 Å². The molecule has 0 aromatic carbocycles. The third-order valence-electron chi connectivity index (χ3n) is 1.66. The second-order valence-corrected chi connectivity index (χ2v) is 3.98. The molecule has 0 aromatic rings. The summed E-state index contributed by atoms with van der Waals surface area (Å²) in [4.78, 5) is 0. The van der Waals surface area contributed by atoms with Crippen molar-refractivity contribution in [1.29, 1.82) is 0 Å². The largest absolute Gasteiger partial charge is 0.103 e. The maximum absolute atomic E-state index is 5.45. The van der Waals surface area contributed by atoms with E-state index >= 15 is 0 Å². The molecule has 0 nitrogen and oxygen atoms in total. The van der Waals surface area contributed by atoms with Crippen LogP contribution in [-0.2, 0) is 0 Å². The standard InChI is InChI=1S/C7H9Cl2/c1-7(2)4-5(7)3-6(8)9/h3-5H,1-2H3. The molecule has 9 heavy (non-hydrogen) atoms. The first-order chi connectivity index (χ1) is 4.02. The lowest BCUT2D eigenvalue weighted by molar-refractivity contribution is 0.625. The number of allylic oxidation sites excluding steroid dienone is 1. The van der Waals surface area contributed by atoms with Crippen LogP contribution in [0, 0.1) is 17.8 Å². The van der Waals surface area contributed by atoms with Gasteiger partial charge in [-0.05, 0) is 17.8 Å². The van der Waals surface area contributed by atoms with Gasteiger partial charge in [0, 0.05) is 0 Å². The van der Waals surface area contributed by atoms with Gasteiger partial charge in [0.25, 0.3) is 0 Å². The van der Waals surface area contributed by atoms with Crippen LogP contribution in [-0.4, -0.2) is 0 Å². The molecule has 0 bridgehead atoms. The van der Waals surface area contributed by atoms with Crippen molar-refractivity contribution < 1.29 is 0 Å². The summed E-state index contributed by atoms with van der Waals surface area (Å²) >= 11 is 10.9. The minimum Gasteiger partial charge on any atom is -0.0712 e. The third-order valence-corrected chi connectivity index (χ3v) is 1.92. The van der Waals surface area contributed by atoms with Crippen LogP contribution in [0.5, 0.6) is 0 Å². The van der Waals surface area contributed by atoms with E-state index in [1.807, 2.05) is 6.08 Å². The van der Waals surface area contributed by atoms with Gasteiger partial charge in [0.1, 0.15) is 4.49 Å². The van der Waals surface area contributed by atoms with E-state index in [2.05, 4.69) is 20.3 Å². The smallest absolute Gasteiger partial charge is 0.0712 e. The molecule has 1 atom stereocenters. The van der Waals surface area contributed by atoms with E-state index in [1.54, 1.807) is 0 Å². The summed E-state index contributed by atoms with van der Waals surface area (Å²) in [5.74, 6) is 0.488. The summed E-state index contributed by atoms with van der Waals surface area (Å²) in [6, 6.07) is 0. The number of hydrogen-bond donors (Lipinski definition) is 0. The molecule has 1 aliphatic rings. The molecular formula is C7H9Cl2. The lowest BCUT2D eigenvalue weighted by Gasteiger charge is -1.94. The monoisotopic (exact) mass is 163 g/mol. The zero-order valence-electron chi connectivity index (χ0n) is 5.49. The third kappa shape index (κ3) is 1.87. The summed E-state index contributed by atoms with van der Waals surface area (Å²) in [6.45, 7) is 4.32. The normalized spacial score (nSPS) is 29.6. The molecule has 0 aliphatic heterocycles. The van der Waals surface area contributed by atoms with Gasteiger partial charge in [-0.25, -0.2) is 0 Å². The number of rotatable bonds is 1. The fourth-order valence-electron chi connectivity index (χ4n) is 0.813. The molecule has 1 unspecified atom stereocenters.